The van der Waals surface area contributed by atoms with Crippen LogP contribution in [-0.2, 0) is 11.0 Å². The topological polar surface area (TPSA) is 62.1 Å². The number of benzene rings is 2. The number of nitriles is 1. The van der Waals surface area contributed by atoms with Gasteiger partial charge in [-0.05, 0) is 30.3 Å². The summed E-state index contributed by atoms with van der Waals surface area (Å²) in [6.45, 7) is -0.422. The lowest BCUT2D eigenvalue weighted by molar-refractivity contribution is -0.137. The maximum atomic E-state index is 12.6. The van der Waals surface area contributed by atoms with Crippen molar-refractivity contribution >= 4 is 11.6 Å². The molecule has 4 nitrogen and oxygen atoms in total. The minimum absolute atomic E-state index is 0.0157. The third-order valence-electron chi connectivity index (χ3n) is 2.84. The van der Waals surface area contributed by atoms with Gasteiger partial charge in [-0.1, -0.05) is 18.2 Å². The number of alkyl halides is 3. The van der Waals surface area contributed by atoms with E-state index in [1.807, 2.05) is 6.07 Å². The number of ether oxygens (including phenoxy) is 1. The molecule has 0 fully saturated rings. The van der Waals surface area contributed by atoms with E-state index in [4.69, 9.17) is 10.00 Å². The van der Waals surface area contributed by atoms with E-state index in [0.29, 0.717) is 0 Å². The molecule has 0 spiro atoms. The number of carbonyl (C=O) groups excluding carboxylic acids is 1. The van der Waals surface area contributed by atoms with Crippen molar-refractivity contribution in [1.82, 2.24) is 0 Å². The molecule has 0 heterocycles. The predicted octanol–water partition coefficient (Wildman–Crippen LogP) is 3.59. The highest BCUT2D eigenvalue weighted by atomic mass is 19.4. The van der Waals surface area contributed by atoms with Gasteiger partial charge in [-0.2, -0.15) is 18.4 Å². The Hall–Kier alpha value is -3.01. The lowest BCUT2D eigenvalue weighted by atomic mass is 10.2. The third-order valence-corrected chi connectivity index (χ3v) is 2.84. The first-order valence-corrected chi connectivity index (χ1v) is 6.49. The highest BCUT2D eigenvalue weighted by Crippen LogP contribution is 2.30. The molecule has 0 aliphatic rings. The summed E-state index contributed by atoms with van der Waals surface area (Å²) in [7, 11) is 0. The Morgan fingerprint density at radius 1 is 1.17 bits per heavy atom. The molecule has 2 aromatic carbocycles. The van der Waals surface area contributed by atoms with Crippen LogP contribution in [0.2, 0.25) is 0 Å². The zero-order valence-electron chi connectivity index (χ0n) is 11.7. The fourth-order valence-electron chi connectivity index (χ4n) is 1.80. The summed E-state index contributed by atoms with van der Waals surface area (Å²) in [5.41, 5.74) is -0.576. The van der Waals surface area contributed by atoms with Crippen LogP contribution in [0.4, 0.5) is 18.9 Å². The van der Waals surface area contributed by atoms with E-state index < -0.39 is 24.3 Å². The Balaban J connectivity index is 1.99. The summed E-state index contributed by atoms with van der Waals surface area (Å²) < 4.78 is 43.0. The molecule has 0 unspecified atom stereocenters. The van der Waals surface area contributed by atoms with Crippen LogP contribution >= 0.6 is 0 Å². The molecule has 2 aromatic rings. The van der Waals surface area contributed by atoms with Crippen LogP contribution < -0.4 is 10.1 Å². The van der Waals surface area contributed by atoms with E-state index in [1.165, 1.54) is 24.3 Å². The molecule has 0 radical (unpaired) electrons. The monoisotopic (exact) mass is 320 g/mol. The van der Waals surface area contributed by atoms with Gasteiger partial charge in [0.15, 0.2) is 6.61 Å². The van der Waals surface area contributed by atoms with E-state index in [0.717, 1.165) is 12.1 Å². The van der Waals surface area contributed by atoms with Crippen molar-refractivity contribution in [3.8, 4) is 11.8 Å². The molecule has 2 rings (SSSR count). The van der Waals surface area contributed by atoms with Crippen molar-refractivity contribution in [2.75, 3.05) is 11.9 Å². The number of halogens is 3. The fourth-order valence-corrected chi connectivity index (χ4v) is 1.80. The second-order valence-electron chi connectivity index (χ2n) is 4.52. The standard InChI is InChI=1S/C16H11F3N2O2/c17-16(18,19)12-5-3-6-13(8-12)21-15(22)10-23-14-7-2-1-4-11(14)9-20/h1-8H,10H2,(H,21,22). The highest BCUT2D eigenvalue weighted by molar-refractivity contribution is 5.92. The van der Waals surface area contributed by atoms with Gasteiger partial charge in [0.05, 0.1) is 11.1 Å². The first-order chi connectivity index (χ1) is 10.9. The Morgan fingerprint density at radius 2 is 1.91 bits per heavy atom. The number of hydrogen-bond donors (Lipinski definition) is 1. The molecule has 0 atom stereocenters. The van der Waals surface area contributed by atoms with E-state index in [-0.39, 0.29) is 17.0 Å². The molecule has 1 amide bonds. The number of hydrogen-bond acceptors (Lipinski definition) is 3. The molecule has 0 aliphatic carbocycles. The van der Waals surface area contributed by atoms with Crippen LogP contribution in [0.3, 0.4) is 0 Å². The number of nitrogens with zero attached hydrogens (tertiary/aromatic N) is 1. The first-order valence-electron chi connectivity index (χ1n) is 6.49. The van der Waals surface area contributed by atoms with Crippen LogP contribution in [0.25, 0.3) is 0 Å². The van der Waals surface area contributed by atoms with Gasteiger partial charge in [-0.3, -0.25) is 4.79 Å². The number of anilines is 1. The summed E-state index contributed by atoms with van der Waals surface area (Å²) in [5, 5.41) is 11.2. The van der Waals surface area contributed by atoms with Crippen LogP contribution in [0.1, 0.15) is 11.1 Å². The van der Waals surface area contributed by atoms with E-state index in [9.17, 15) is 18.0 Å². The quantitative estimate of drug-likeness (QED) is 0.936. The largest absolute Gasteiger partial charge is 0.482 e. The molecule has 0 saturated heterocycles. The minimum atomic E-state index is -4.48. The predicted molar refractivity (Wildman–Crippen MR) is 76.7 cm³/mol. The number of carbonyl (C=O) groups is 1. The van der Waals surface area contributed by atoms with Gasteiger partial charge in [0.2, 0.25) is 0 Å². The summed E-state index contributed by atoms with van der Waals surface area (Å²) in [6.07, 6.45) is -4.48. The number of rotatable bonds is 4. The molecule has 0 saturated carbocycles. The van der Waals surface area contributed by atoms with E-state index >= 15 is 0 Å². The molecular formula is C16H11F3N2O2. The maximum absolute atomic E-state index is 12.6. The number of amides is 1. The van der Waals surface area contributed by atoms with Gasteiger partial charge < -0.3 is 10.1 Å². The zero-order valence-corrected chi connectivity index (χ0v) is 11.7. The number of para-hydroxylation sites is 1. The average molecular weight is 320 g/mol. The van der Waals surface area contributed by atoms with Crippen LogP contribution in [-0.4, -0.2) is 12.5 Å². The van der Waals surface area contributed by atoms with Crippen molar-refractivity contribution in [3.05, 3.63) is 59.7 Å². The summed E-state index contributed by atoms with van der Waals surface area (Å²) >= 11 is 0. The van der Waals surface area contributed by atoms with Crippen LogP contribution in [0.15, 0.2) is 48.5 Å². The zero-order chi connectivity index (χ0) is 16.9. The summed E-state index contributed by atoms with van der Waals surface area (Å²) in [4.78, 5) is 11.7. The van der Waals surface area contributed by atoms with Crippen LogP contribution in [0, 0.1) is 11.3 Å². The van der Waals surface area contributed by atoms with E-state index in [2.05, 4.69) is 5.32 Å². The van der Waals surface area contributed by atoms with Gasteiger partial charge in [0, 0.05) is 5.69 Å². The van der Waals surface area contributed by atoms with Gasteiger partial charge >= 0.3 is 6.18 Å². The smallest absolute Gasteiger partial charge is 0.416 e. The van der Waals surface area contributed by atoms with Gasteiger partial charge in [0.1, 0.15) is 11.8 Å². The Morgan fingerprint density at radius 3 is 2.61 bits per heavy atom. The normalized spacial score (nSPS) is 10.7. The SMILES string of the molecule is N#Cc1ccccc1OCC(=O)Nc1cccc(C(F)(F)F)c1. The molecule has 0 bridgehead atoms. The second-order valence-corrected chi connectivity index (χ2v) is 4.52. The van der Waals surface area contributed by atoms with E-state index in [1.54, 1.807) is 12.1 Å². The molecular weight excluding hydrogens is 309 g/mol. The van der Waals surface area contributed by atoms with Crippen molar-refractivity contribution < 1.29 is 22.7 Å². The second kappa shape index (κ2) is 6.83. The first kappa shape index (κ1) is 16.4. The number of nitrogens with one attached hydrogen (secondary N) is 1. The Bertz CT molecular complexity index is 751. The summed E-state index contributed by atoms with van der Waals surface area (Å²) in [5.74, 6) is -0.397. The minimum Gasteiger partial charge on any atom is -0.482 e. The van der Waals surface area contributed by atoms with Crippen molar-refractivity contribution in [2.45, 2.75) is 6.18 Å². The molecule has 1 N–H and O–H groups in total. The fraction of sp³-hybridized carbons (Fsp3) is 0.125. The molecule has 0 aliphatic heterocycles. The van der Waals surface area contributed by atoms with Crippen molar-refractivity contribution in [2.24, 2.45) is 0 Å². The molecule has 7 heteroatoms. The molecule has 0 aromatic heterocycles. The maximum Gasteiger partial charge on any atom is 0.416 e. The van der Waals surface area contributed by atoms with Gasteiger partial charge in [-0.25, -0.2) is 0 Å². The van der Waals surface area contributed by atoms with Crippen LogP contribution in [0.5, 0.6) is 5.75 Å². The van der Waals surface area contributed by atoms with Gasteiger partial charge in [0.25, 0.3) is 5.91 Å². The third kappa shape index (κ3) is 4.48. The Kier molecular flexibility index (Phi) is 4.86. The average Bonchev–Trinajstić information content (AvgIpc) is 2.52. The van der Waals surface area contributed by atoms with Crippen molar-refractivity contribution in [1.29, 1.82) is 5.26 Å². The molecule has 118 valence electrons. The highest BCUT2D eigenvalue weighted by Gasteiger charge is 2.30. The molecule has 23 heavy (non-hydrogen) atoms. The summed E-state index contributed by atoms with van der Waals surface area (Å²) in [6, 6.07) is 12.5. The lowest BCUT2D eigenvalue weighted by Gasteiger charge is -2.11. The lowest BCUT2D eigenvalue weighted by Crippen LogP contribution is -2.20. The Labute approximate surface area is 130 Å². The van der Waals surface area contributed by atoms with Gasteiger partial charge in [-0.15, -0.1) is 0 Å². The van der Waals surface area contributed by atoms with Crippen molar-refractivity contribution in [3.63, 3.8) is 0 Å².